The van der Waals surface area contributed by atoms with Crippen molar-refractivity contribution in [1.29, 1.82) is 0 Å². The molecule has 0 aromatic heterocycles. The van der Waals surface area contributed by atoms with Crippen molar-refractivity contribution in [3.8, 4) is 0 Å². The van der Waals surface area contributed by atoms with Gasteiger partial charge in [0.05, 0.1) is 4.90 Å². The van der Waals surface area contributed by atoms with Gasteiger partial charge in [-0.15, -0.1) is 0 Å². The molecule has 0 saturated heterocycles. The molecule has 0 unspecified atom stereocenters. The van der Waals surface area contributed by atoms with Crippen LogP contribution in [0.2, 0.25) is 0 Å². The predicted octanol–water partition coefficient (Wildman–Crippen LogP) is 4.52. The van der Waals surface area contributed by atoms with E-state index in [1.54, 1.807) is 0 Å². The van der Waals surface area contributed by atoms with Crippen molar-refractivity contribution in [3.63, 3.8) is 0 Å². The van der Waals surface area contributed by atoms with Gasteiger partial charge in [-0.1, -0.05) is 57.5 Å². The average Bonchev–Trinajstić information content (AvgIpc) is 2.34. The smallest absolute Gasteiger partial charge is 0.207 e. The number of hydrogen-bond donors (Lipinski definition) is 1. The molecule has 0 bridgehead atoms. The maximum absolute atomic E-state index is 12.9. The van der Waals surface area contributed by atoms with Crippen LogP contribution in [0.4, 0.5) is 0 Å². The van der Waals surface area contributed by atoms with E-state index in [9.17, 15) is 8.42 Å². The zero-order chi connectivity index (χ0) is 17.8. The van der Waals surface area contributed by atoms with Crippen LogP contribution in [0.15, 0.2) is 29.2 Å². The first-order chi connectivity index (χ1) is 10.5. The zero-order valence-corrected chi connectivity index (χ0v) is 16.3. The van der Waals surface area contributed by atoms with Crippen LogP contribution in [0.5, 0.6) is 0 Å². The lowest BCUT2D eigenvalue weighted by molar-refractivity contribution is 0.506. The molecule has 23 heavy (non-hydrogen) atoms. The summed E-state index contributed by atoms with van der Waals surface area (Å²) in [6.07, 6.45) is 5.02. The average molecular weight is 338 g/mol. The Balaban J connectivity index is 3.10. The molecular weight excluding hydrogens is 306 g/mol. The van der Waals surface area contributed by atoms with Gasteiger partial charge in [-0.3, -0.25) is 0 Å². The van der Waals surface area contributed by atoms with E-state index < -0.39 is 10.0 Å². The van der Waals surface area contributed by atoms with Crippen LogP contribution in [-0.4, -0.2) is 14.5 Å². The molecule has 0 aliphatic heterocycles. The van der Waals surface area contributed by atoms with Crippen LogP contribution in [0.3, 0.4) is 0 Å². The summed E-state index contributed by atoms with van der Waals surface area (Å²) in [6, 6.07) is 3.64. The highest BCUT2D eigenvalue weighted by atomic mass is 32.2. The van der Waals surface area contributed by atoms with E-state index in [1.807, 2.05) is 52.8 Å². The number of aryl methyl sites for hydroxylation is 3. The quantitative estimate of drug-likeness (QED) is 0.744. The second-order valence-electron chi connectivity index (χ2n) is 7.18. The molecule has 0 spiro atoms. The SMILES string of the molecule is Cc1cc(C)c(S(=O)(=O)N[C@H](/C=C/CC(C)C)C(C)C)c(C)c1. The minimum Gasteiger partial charge on any atom is -0.207 e. The summed E-state index contributed by atoms with van der Waals surface area (Å²) in [5, 5.41) is 0. The van der Waals surface area contributed by atoms with E-state index in [1.165, 1.54) is 0 Å². The van der Waals surface area contributed by atoms with E-state index in [0.717, 1.165) is 23.1 Å². The minimum atomic E-state index is -3.53. The van der Waals surface area contributed by atoms with Crippen molar-refractivity contribution in [2.24, 2.45) is 11.8 Å². The molecule has 0 fully saturated rings. The first-order valence-electron chi connectivity index (χ1n) is 8.31. The Morgan fingerprint density at radius 3 is 2.00 bits per heavy atom. The van der Waals surface area contributed by atoms with E-state index >= 15 is 0 Å². The van der Waals surface area contributed by atoms with Crippen molar-refractivity contribution in [2.75, 3.05) is 0 Å². The second kappa shape index (κ2) is 8.11. The van der Waals surface area contributed by atoms with Crippen LogP contribution in [0, 0.1) is 32.6 Å². The lowest BCUT2D eigenvalue weighted by Gasteiger charge is -2.21. The monoisotopic (exact) mass is 337 g/mol. The van der Waals surface area contributed by atoms with Crippen molar-refractivity contribution >= 4 is 10.0 Å². The molecule has 0 radical (unpaired) electrons. The van der Waals surface area contributed by atoms with Gasteiger partial charge < -0.3 is 0 Å². The van der Waals surface area contributed by atoms with Crippen LogP contribution < -0.4 is 4.72 Å². The Labute approximate surface area is 142 Å². The largest absolute Gasteiger partial charge is 0.241 e. The zero-order valence-electron chi connectivity index (χ0n) is 15.5. The summed E-state index contributed by atoms with van der Waals surface area (Å²) in [6.45, 7) is 14.1. The number of rotatable bonds is 7. The molecule has 0 heterocycles. The summed E-state index contributed by atoms with van der Waals surface area (Å²) in [7, 11) is -3.53. The molecule has 3 nitrogen and oxygen atoms in total. The molecule has 0 saturated carbocycles. The molecule has 1 aromatic carbocycles. The molecule has 1 rings (SSSR count). The standard InChI is InChI=1S/C19H31NO2S/c1-13(2)9-8-10-18(14(3)4)20-23(21,22)19-16(6)11-15(5)12-17(19)7/h8,10-14,18,20H,9H2,1-7H3/b10-8+/t18-/m1/s1. The normalized spacial score (nSPS) is 14.1. The third kappa shape index (κ3) is 5.78. The summed E-state index contributed by atoms with van der Waals surface area (Å²) < 4.78 is 28.6. The van der Waals surface area contributed by atoms with Gasteiger partial charge in [-0.05, 0) is 50.2 Å². The number of hydrogen-bond acceptors (Lipinski definition) is 2. The van der Waals surface area contributed by atoms with Gasteiger partial charge >= 0.3 is 0 Å². The third-order valence-corrected chi connectivity index (χ3v) is 5.60. The van der Waals surface area contributed by atoms with Gasteiger partial charge in [0, 0.05) is 6.04 Å². The van der Waals surface area contributed by atoms with Crippen LogP contribution >= 0.6 is 0 Å². The molecular formula is C19H31NO2S. The first-order valence-corrected chi connectivity index (χ1v) is 9.79. The van der Waals surface area contributed by atoms with Crippen LogP contribution in [0.1, 0.15) is 50.8 Å². The highest BCUT2D eigenvalue weighted by molar-refractivity contribution is 7.89. The number of benzene rings is 1. The summed E-state index contributed by atoms with van der Waals surface area (Å²) in [5.41, 5.74) is 2.67. The van der Waals surface area contributed by atoms with Crippen LogP contribution in [-0.2, 0) is 10.0 Å². The fraction of sp³-hybridized carbons (Fsp3) is 0.579. The number of sulfonamides is 1. The van der Waals surface area contributed by atoms with Gasteiger partial charge in [0.1, 0.15) is 0 Å². The number of allylic oxidation sites excluding steroid dienone is 1. The lowest BCUT2D eigenvalue weighted by Crippen LogP contribution is -2.37. The highest BCUT2D eigenvalue weighted by Gasteiger charge is 2.24. The molecule has 4 heteroatoms. The van der Waals surface area contributed by atoms with Gasteiger partial charge in [0.15, 0.2) is 0 Å². The fourth-order valence-electron chi connectivity index (χ4n) is 2.72. The van der Waals surface area contributed by atoms with E-state index in [-0.39, 0.29) is 12.0 Å². The fourth-order valence-corrected chi connectivity index (χ4v) is 4.52. The molecule has 0 aliphatic rings. The van der Waals surface area contributed by atoms with Crippen LogP contribution in [0.25, 0.3) is 0 Å². The van der Waals surface area contributed by atoms with E-state index in [0.29, 0.717) is 10.8 Å². The van der Waals surface area contributed by atoms with Gasteiger partial charge in [0.2, 0.25) is 10.0 Å². The Morgan fingerprint density at radius 2 is 1.57 bits per heavy atom. The van der Waals surface area contributed by atoms with Crippen molar-refractivity contribution in [2.45, 2.75) is 65.8 Å². The minimum absolute atomic E-state index is 0.194. The molecule has 1 atom stereocenters. The Kier molecular flexibility index (Phi) is 7.02. The molecule has 1 aromatic rings. The van der Waals surface area contributed by atoms with Gasteiger partial charge in [0.25, 0.3) is 0 Å². The molecule has 0 amide bonds. The Morgan fingerprint density at radius 1 is 1.04 bits per heavy atom. The maximum atomic E-state index is 12.9. The van der Waals surface area contributed by atoms with E-state index in [4.69, 9.17) is 0 Å². The molecule has 130 valence electrons. The first kappa shape index (κ1) is 19.9. The highest BCUT2D eigenvalue weighted by Crippen LogP contribution is 2.22. The third-order valence-electron chi connectivity index (χ3n) is 3.83. The second-order valence-corrected chi connectivity index (χ2v) is 8.83. The summed E-state index contributed by atoms with van der Waals surface area (Å²) >= 11 is 0. The van der Waals surface area contributed by atoms with E-state index in [2.05, 4.69) is 24.6 Å². The van der Waals surface area contributed by atoms with Crippen molar-refractivity contribution in [1.82, 2.24) is 4.72 Å². The van der Waals surface area contributed by atoms with Crippen molar-refractivity contribution < 1.29 is 8.42 Å². The number of nitrogens with one attached hydrogen (secondary N) is 1. The summed E-state index contributed by atoms with van der Waals surface area (Å²) in [5.74, 6) is 0.761. The molecule has 1 N–H and O–H groups in total. The van der Waals surface area contributed by atoms with Crippen molar-refractivity contribution in [3.05, 3.63) is 41.0 Å². The maximum Gasteiger partial charge on any atom is 0.241 e. The summed E-state index contributed by atoms with van der Waals surface area (Å²) in [4.78, 5) is 0.408. The Hall–Kier alpha value is -1.13. The Bertz CT molecular complexity index is 635. The lowest BCUT2D eigenvalue weighted by atomic mass is 10.0. The molecule has 0 aliphatic carbocycles. The topological polar surface area (TPSA) is 46.2 Å². The van der Waals surface area contributed by atoms with Gasteiger partial charge in [-0.25, -0.2) is 13.1 Å². The predicted molar refractivity (Wildman–Crippen MR) is 98.2 cm³/mol. The van der Waals surface area contributed by atoms with Gasteiger partial charge in [-0.2, -0.15) is 0 Å².